The van der Waals surface area contributed by atoms with Gasteiger partial charge < -0.3 is 19.2 Å². The largest absolute Gasteiger partial charge is 0.486 e. The lowest BCUT2D eigenvalue weighted by molar-refractivity contribution is 0.0911. The third kappa shape index (κ3) is 2.79. The van der Waals surface area contributed by atoms with E-state index in [1.807, 2.05) is 19.1 Å². The Labute approximate surface area is 129 Å². The second-order valence-electron chi connectivity index (χ2n) is 5.22. The molecule has 1 atom stereocenters. The Balaban J connectivity index is 1.84. The number of benzene rings is 1. The Bertz CT molecular complexity index is 664. The standard InChI is InChI=1S/C17H19NO4/c1-3-12-9-15-16(22-8-7-21-15)10-13(12)11(2)18-17(19)14-5-4-6-20-14/h4-6,9-11H,3,7-8H2,1-2H3,(H,18,19)/t11-/m0/s1. The predicted molar refractivity (Wildman–Crippen MR) is 81.4 cm³/mol. The van der Waals surface area contributed by atoms with Crippen molar-refractivity contribution in [3.63, 3.8) is 0 Å². The minimum Gasteiger partial charge on any atom is -0.486 e. The zero-order valence-electron chi connectivity index (χ0n) is 12.7. The molecule has 116 valence electrons. The van der Waals surface area contributed by atoms with E-state index in [1.54, 1.807) is 12.1 Å². The number of fused-ring (bicyclic) bond motifs is 1. The molecule has 3 rings (SSSR count). The molecule has 0 unspecified atom stereocenters. The van der Waals surface area contributed by atoms with Crippen LogP contribution in [0.4, 0.5) is 0 Å². The summed E-state index contributed by atoms with van der Waals surface area (Å²) in [5, 5.41) is 2.95. The van der Waals surface area contributed by atoms with E-state index in [0.29, 0.717) is 19.0 Å². The van der Waals surface area contributed by atoms with Crippen molar-refractivity contribution in [2.45, 2.75) is 26.3 Å². The number of carbonyl (C=O) groups is 1. The van der Waals surface area contributed by atoms with Crippen LogP contribution in [0.1, 0.15) is 41.6 Å². The summed E-state index contributed by atoms with van der Waals surface area (Å²) in [6.45, 7) is 5.15. The average Bonchev–Trinajstić information content (AvgIpc) is 3.08. The Hall–Kier alpha value is -2.43. The van der Waals surface area contributed by atoms with E-state index >= 15 is 0 Å². The van der Waals surface area contributed by atoms with Gasteiger partial charge in [0.2, 0.25) is 0 Å². The van der Waals surface area contributed by atoms with Crippen molar-refractivity contribution in [3.8, 4) is 11.5 Å². The second-order valence-corrected chi connectivity index (χ2v) is 5.22. The highest BCUT2D eigenvalue weighted by Gasteiger charge is 2.20. The van der Waals surface area contributed by atoms with Gasteiger partial charge in [0.1, 0.15) is 13.2 Å². The summed E-state index contributed by atoms with van der Waals surface area (Å²) in [5.74, 6) is 1.59. The van der Waals surface area contributed by atoms with Crippen LogP contribution in [0.2, 0.25) is 0 Å². The first-order valence-corrected chi connectivity index (χ1v) is 7.45. The zero-order chi connectivity index (χ0) is 15.5. The predicted octanol–water partition coefficient (Wildman–Crippen LogP) is 3.10. The zero-order valence-corrected chi connectivity index (χ0v) is 12.7. The molecule has 1 aromatic carbocycles. The highest BCUT2D eigenvalue weighted by molar-refractivity contribution is 5.91. The van der Waals surface area contributed by atoms with Crippen LogP contribution >= 0.6 is 0 Å². The average molecular weight is 301 g/mol. The fourth-order valence-corrected chi connectivity index (χ4v) is 2.61. The molecule has 0 saturated heterocycles. The smallest absolute Gasteiger partial charge is 0.287 e. The van der Waals surface area contributed by atoms with Gasteiger partial charge in [0.15, 0.2) is 17.3 Å². The van der Waals surface area contributed by atoms with E-state index in [9.17, 15) is 4.79 Å². The van der Waals surface area contributed by atoms with E-state index in [0.717, 1.165) is 29.0 Å². The van der Waals surface area contributed by atoms with Crippen LogP contribution in [-0.2, 0) is 6.42 Å². The molecule has 0 fully saturated rings. The highest BCUT2D eigenvalue weighted by atomic mass is 16.6. The number of aryl methyl sites for hydroxylation is 1. The number of carbonyl (C=O) groups excluding carboxylic acids is 1. The van der Waals surface area contributed by atoms with Crippen molar-refractivity contribution in [2.75, 3.05) is 13.2 Å². The first kappa shape index (κ1) is 14.5. The molecule has 2 aromatic rings. The maximum Gasteiger partial charge on any atom is 0.287 e. The van der Waals surface area contributed by atoms with Crippen molar-refractivity contribution < 1.29 is 18.7 Å². The number of hydrogen-bond donors (Lipinski definition) is 1. The molecule has 0 spiro atoms. The van der Waals surface area contributed by atoms with Crippen LogP contribution in [0, 0.1) is 0 Å². The van der Waals surface area contributed by atoms with Gasteiger partial charge in [-0.25, -0.2) is 0 Å². The lowest BCUT2D eigenvalue weighted by atomic mass is 9.98. The van der Waals surface area contributed by atoms with Crippen molar-refractivity contribution in [1.82, 2.24) is 5.32 Å². The van der Waals surface area contributed by atoms with Crippen molar-refractivity contribution in [1.29, 1.82) is 0 Å². The van der Waals surface area contributed by atoms with Gasteiger partial charge in [-0.3, -0.25) is 4.79 Å². The van der Waals surface area contributed by atoms with Gasteiger partial charge in [-0.05, 0) is 48.7 Å². The van der Waals surface area contributed by atoms with Crippen LogP contribution in [0.25, 0.3) is 0 Å². The fourth-order valence-electron chi connectivity index (χ4n) is 2.61. The lowest BCUT2D eigenvalue weighted by Crippen LogP contribution is -2.27. The molecular formula is C17H19NO4. The van der Waals surface area contributed by atoms with Gasteiger partial charge in [-0.2, -0.15) is 0 Å². The molecule has 1 aliphatic heterocycles. The fraction of sp³-hybridized carbons (Fsp3) is 0.353. The van der Waals surface area contributed by atoms with Gasteiger partial charge in [0.25, 0.3) is 5.91 Å². The summed E-state index contributed by atoms with van der Waals surface area (Å²) in [5.41, 5.74) is 2.17. The van der Waals surface area contributed by atoms with Crippen molar-refractivity contribution in [2.24, 2.45) is 0 Å². The summed E-state index contributed by atoms with van der Waals surface area (Å²) >= 11 is 0. The second kappa shape index (κ2) is 6.13. The minimum atomic E-state index is -0.227. The summed E-state index contributed by atoms with van der Waals surface area (Å²) in [6, 6.07) is 7.15. The Morgan fingerprint density at radius 1 is 1.27 bits per heavy atom. The molecule has 1 N–H and O–H groups in total. The van der Waals surface area contributed by atoms with Crippen LogP contribution < -0.4 is 14.8 Å². The van der Waals surface area contributed by atoms with Crippen molar-refractivity contribution in [3.05, 3.63) is 47.4 Å². The van der Waals surface area contributed by atoms with Gasteiger partial charge in [0.05, 0.1) is 12.3 Å². The van der Waals surface area contributed by atoms with Gasteiger partial charge in [-0.1, -0.05) is 6.92 Å². The topological polar surface area (TPSA) is 60.7 Å². The number of furan rings is 1. The molecule has 2 heterocycles. The molecule has 0 radical (unpaired) electrons. The third-order valence-electron chi connectivity index (χ3n) is 3.74. The molecular weight excluding hydrogens is 282 g/mol. The number of hydrogen-bond acceptors (Lipinski definition) is 4. The number of rotatable bonds is 4. The minimum absolute atomic E-state index is 0.150. The first-order chi connectivity index (χ1) is 10.7. The molecule has 5 nitrogen and oxygen atoms in total. The third-order valence-corrected chi connectivity index (χ3v) is 3.74. The Morgan fingerprint density at radius 2 is 2.00 bits per heavy atom. The SMILES string of the molecule is CCc1cc2c(cc1[C@H](C)NC(=O)c1ccco1)OCCO2. The van der Waals surface area contributed by atoms with E-state index in [-0.39, 0.29) is 11.9 Å². The quantitative estimate of drug-likeness (QED) is 0.942. The van der Waals surface area contributed by atoms with E-state index in [1.165, 1.54) is 6.26 Å². The molecule has 22 heavy (non-hydrogen) atoms. The molecule has 0 aliphatic carbocycles. The number of amides is 1. The molecule has 1 amide bonds. The maximum absolute atomic E-state index is 12.1. The lowest BCUT2D eigenvalue weighted by Gasteiger charge is -2.23. The maximum atomic E-state index is 12.1. The van der Waals surface area contributed by atoms with E-state index in [4.69, 9.17) is 13.9 Å². The van der Waals surface area contributed by atoms with Gasteiger partial charge >= 0.3 is 0 Å². The first-order valence-electron chi connectivity index (χ1n) is 7.45. The molecule has 0 saturated carbocycles. The summed E-state index contributed by atoms with van der Waals surface area (Å²) < 4.78 is 16.4. The Kier molecular flexibility index (Phi) is 4.04. The summed E-state index contributed by atoms with van der Waals surface area (Å²) in [7, 11) is 0. The van der Waals surface area contributed by atoms with Gasteiger partial charge in [-0.15, -0.1) is 0 Å². The Morgan fingerprint density at radius 3 is 2.64 bits per heavy atom. The molecule has 1 aromatic heterocycles. The number of ether oxygens (including phenoxy) is 2. The van der Waals surface area contributed by atoms with Crippen molar-refractivity contribution >= 4 is 5.91 Å². The van der Waals surface area contributed by atoms with E-state index < -0.39 is 0 Å². The van der Waals surface area contributed by atoms with E-state index in [2.05, 4.69) is 12.2 Å². The van der Waals surface area contributed by atoms with Crippen LogP contribution in [0.3, 0.4) is 0 Å². The molecule has 5 heteroatoms. The van der Waals surface area contributed by atoms with Gasteiger partial charge in [0, 0.05) is 0 Å². The molecule has 1 aliphatic rings. The monoisotopic (exact) mass is 301 g/mol. The van der Waals surface area contributed by atoms with Crippen LogP contribution in [-0.4, -0.2) is 19.1 Å². The summed E-state index contributed by atoms with van der Waals surface area (Å²) in [6.07, 6.45) is 2.34. The molecule has 0 bridgehead atoms. The van der Waals surface area contributed by atoms with Crippen LogP contribution in [0.5, 0.6) is 11.5 Å². The normalized spacial score (nSPS) is 14.5. The summed E-state index contributed by atoms with van der Waals surface area (Å²) in [4.78, 5) is 12.1. The number of nitrogens with one attached hydrogen (secondary N) is 1. The van der Waals surface area contributed by atoms with Crippen LogP contribution in [0.15, 0.2) is 34.9 Å². The highest BCUT2D eigenvalue weighted by Crippen LogP contribution is 2.35.